The standard InChI is InChI=1S/C25H31ClN2O2S/c1-18-10-12-23(13-11-18)31-15-14-24(29)28(17-20-6-5-7-21(26)16-20)19(2)25(30)27-22-8-3-4-9-22/h5-7,10-13,16,19,22H,3-4,8-9,14-15,17H2,1-2H3,(H,27,30)/t19-/m1/s1. The summed E-state index contributed by atoms with van der Waals surface area (Å²) in [5.74, 6) is 0.576. The van der Waals surface area contributed by atoms with Crippen molar-refractivity contribution in [3.05, 3.63) is 64.7 Å². The molecule has 1 saturated carbocycles. The summed E-state index contributed by atoms with van der Waals surface area (Å²) in [6.07, 6.45) is 4.73. The number of nitrogens with zero attached hydrogens (tertiary/aromatic N) is 1. The first-order valence-corrected chi connectivity index (χ1v) is 12.3. The van der Waals surface area contributed by atoms with Gasteiger partial charge in [-0.05, 0) is 56.5 Å². The van der Waals surface area contributed by atoms with E-state index in [1.165, 1.54) is 5.56 Å². The van der Waals surface area contributed by atoms with E-state index in [1.54, 1.807) is 16.7 Å². The Morgan fingerprint density at radius 1 is 1.16 bits per heavy atom. The number of thioether (sulfide) groups is 1. The van der Waals surface area contributed by atoms with Gasteiger partial charge in [0.25, 0.3) is 0 Å². The Morgan fingerprint density at radius 2 is 1.87 bits per heavy atom. The van der Waals surface area contributed by atoms with Gasteiger partial charge in [-0.3, -0.25) is 9.59 Å². The van der Waals surface area contributed by atoms with Gasteiger partial charge in [-0.15, -0.1) is 11.8 Å². The zero-order valence-electron chi connectivity index (χ0n) is 18.3. The van der Waals surface area contributed by atoms with Crippen molar-refractivity contribution in [3.63, 3.8) is 0 Å². The summed E-state index contributed by atoms with van der Waals surface area (Å²) in [4.78, 5) is 28.9. The number of halogens is 1. The average Bonchev–Trinajstić information content (AvgIpc) is 3.26. The fourth-order valence-electron chi connectivity index (χ4n) is 3.84. The lowest BCUT2D eigenvalue weighted by Gasteiger charge is -2.30. The summed E-state index contributed by atoms with van der Waals surface area (Å²) in [5, 5.41) is 3.76. The predicted octanol–water partition coefficient (Wildman–Crippen LogP) is 5.61. The van der Waals surface area contributed by atoms with E-state index in [-0.39, 0.29) is 17.9 Å². The lowest BCUT2D eigenvalue weighted by atomic mass is 10.1. The maximum atomic E-state index is 13.2. The molecule has 0 radical (unpaired) electrons. The molecule has 0 bridgehead atoms. The number of hydrogen-bond acceptors (Lipinski definition) is 3. The molecule has 0 heterocycles. The summed E-state index contributed by atoms with van der Waals surface area (Å²) in [7, 11) is 0. The fourth-order valence-corrected chi connectivity index (χ4v) is 4.89. The fraction of sp³-hybridized carbons (Fsp3) is 0.440. The lowest BCUT2D eigenvalue weighted by Crippen LogP contribution is -2.49. The second-order valence-electron chi connectivity index (χ2n) is 8.23. The molecule has 166 valence electrons. The molecule has 2 aromatic carbocycles. The van der Waals surface area contributed by atoms with E-state index in [0.29, 0.717) is 23.7 Å². The molecule has 1 N–H and O–H groups in total. The van der Waals surface area contributed by atoms with Gasteiger partial charge in [0.2, 0.25) is 11.8 Å². The van der Waals surface area contributed by atoms with Crippen molar-refractivity contribution in [3.8, 4) is 0 Å². The Kier molecular flexibility index (Phi) is 8.85. The number of hydrogen-bond donors (Lipinski definition) is 1. The van der Waals surface area contributed by atoms with Crippen LogP contribution in [0.3, 0.4) is 0 Å². The smallest absolute Gasteiger partial charge is 0.242 e. The van der Waals surface area contributed by atoms with Crippen LogP contribution >= 0.6 is 23.4 Å². The Morgan fingerprint density at radius 3 is 2.55 bits per heavy atom. The molecule has 0 spiro atoms. The van der Waals surface area contributed by atoms with E-state index in [4.69, 9.17) is 11.6 Å². The van der Waals surface area contributed by atoms with Crippen LogP contribution in [0.15, 0.2) is 53.4 Å². The molecule has 2 aromatic rings. The summed E-state index contributed by atoms with van der Waals surface area (Å²) < 4.78 is 0. The second-order valence-corrected chi connectivity index (χ2v) is 9.83. The molecule has 1 fully saturated rings. The highest BCUT2D eigenvalue weighted by Crippen LogP contribution is 2.22. The third-order valence-corrected chi connectivity index (χ3v) is 6.97. The summed E-state index contributed by atoms with van der Waals surface area (Å²) in [5.41, 5.74) is 2.14. The van der Waals surface area contributed by atoms with Crippen LogP contribution in [0.5, 0.6) is 0 Å². The number of benzene rings is 2. The van der Waals surface area contributed by atoms with Crippen molar-refractivity contribution in [1.29, 1.82) is 0 Å². The molecule has 1 aliphatic carbocycles. The molecular formula is C25H31ClN2O2S. The second kappa shape index (κ2) is 11.6. The molecule has 0 aromatic heterocycles. The van der Waals surface area contributed by atoms with Crippen LogP contribution in [0.25, 0.3) is 0 Å². The number of rotatable bonds is 9. The lowest BCUT2D eigenvalue weighted by molar-refractivity contribution is -0.140. The first-order valence-electron chi connectivity index (χ1n) is 11.0. The summed E-state index contributed by atoms with van der Waals surface area (Å²) >= 11 is 7.80. The number of nitrogens with one attached hydrogen (secondary N) is 1. The quantitative estimate of drug-likeness (QED) is 0.497. The Bertz CT molecular complexity index is 881. The predicted molar refractivity (Wildman–Crippen MR) is 128 cm³/mol. The van der Waals surface area contributed by atoms with Crippen LogP contribution in [0.4, 0.5) is 0 Å². The van der Waals surface area contributed by atoms with Crippen molar-refractivity contribution in [2.24, 2.45) is 0 Å². The summed E-state index contributed by atoms with van der Waals surface area (Å²) in [6, 6.07) is 15.5. The van der Waals surface area contributed by atoms with Gasteiger partial charge in [0, 0.05) is 34.7 Å². The van der Waals surface area contributed by atoms with E-state index >= 15 is 0 Å². The maximum Gasteiger partial charge on any atom is 0.242 e. The van der Waals surface area contributed by atoms with E-state index in [1.807, 2.05) is 31.2 Å². The molecule has 3 rings (SSSR count). The third-order valence-electron chi connectivity index (χ3n) is 5.72. The van der Waals surface area contributed by atoms with Crippen molar-refractivity contribution in [1.82, 2.24) is 10.2 Å². The van der Waals surface area contributed by atoms with Crippen LogP contribution in [0, 0.1) is 6.92 Å². The number of aryl methyl sites for hydroxylation is 1. The van der Waals surface area contributed by atoms with Crippen LogP contribution in [-0.2, 0) is 16.1 Å². The number of carbonyl (C=O) groups excluding carboxylic acids is 2. The summed E-state index contributed by atoms with van der Waals surface area (Å²) in [6.45, 7) is 4.25. The molecule has 2 amide bonds. The molecule has 0 aliphatic heterocycles. The Labute approximate surface area is 194 Å². The van der Waals surface area contributed by atoms with E-state index < -0.39 is 6.04 Å². The van der Waals surface area contributed by atoms with Crippen molar-refractivity contribution >= 4 is 35.2 Å². The molecule has 0 unspecified atom stereocenters. The topological polar surface area (TPSA) is 49.4 Å². The van der Waals surface area contributed by atoms with Gasteiger partial charge < -0.3 is 10.2 Å². The molecule has 1 atom stereocenters. The van der Waals surface area contributed by atoms with Gasteiger partial charge in [0.1, 0.15) is 6.04 Å². The normalized spacial score (nSPS) is 14.9. The largest absolute Gasteiger partial charge is 0.352 e. The zero-order chi connectivity index (χ0) is 22.2. The van der Waals surface area contributed by atoms with E-state index in [9.17, 15) is 9.59 Å². The van der Waals surface area contributed by atoms with Crippen molar-refractivity contribution < 1.29 is 9.59 Å². The van der Waals surface area contributed by atoms with Crippen LogP contribution in [0.1, 0.15) is 50.2 Å². The number of amides is 2. The van der Waals surface area contributed by atoms with Crippen LogP contribution in [-0.4, -0.2) is 34.6 Å². The van der Waals surface area contributed by atoms with E-state index in [0.717, 1.165) is 36.1 Å². The zero-order valence-corrected chi connectivity index (χ0v) is 19.8. The van der Waals surface area contributed by atoms with Gasteiger partial charge in [-0.25, -0.2) is 0 Å². The number of carbonyl (C=O) groups is 2. The van der Waals surface area contributed by atoms with E-state index in [2.05, 4.69) is 36.5 Å². The molecule has 31 heavy (non-hydrogen) atoms. The monoisotopic (exact) mass is 458 g/mol. The molecule has 6 heteroatoms. The highest BCUT2D eigenvalue weighted by Gasteiger charge is 2.28. The van der Waals surface area contributed by atoms with Crippen LogP contribution < -0.4 is 5.32 Å². The first-order chi connectivity index (χ1) is 14.9. The van der Waals surface area contributed by atoms with Crippen molar-refractivity contribution in [2.45, 2.75) is 69.5 Å². The molecule has 4 nitrogen and oxygen atoms in total. The minimum absolute atomic E-state index is 0.0198. The van der Waals surface area contributed by atoms with Gasteiger partial charge in [-0.1, -0.05) is 54.3 Å². The third kappa shape index (κ3) is 7.29. The molecule has 0 saturated heterocycles. The first kappa shape index (κ1) is 23.7. The van der Waals surface area contributed by atoms with Crippen molar-refractivity contribution in [2.75, 3.05) is 5.75 Å². The van der Waals surface area contributed by atoms with Crippen LogP contribution in [0.2, 0.25) is 5.02 Å². The van der Waals surface area contributed by atoms with Gasteiger partial charge >= 0.3 is 0 Å². The van der Waals surface area contributed by atoms with Gasteiger partial charge in [0.05, 0.1) is 0 Å². The van der Waals surface area contributed by atoms with Gasteiger partial charge in [0.15, 0.2) is 0 Å². The minimum atomic E-state index is -0.531. The highest BCUT2D eigenvalue weighted by atomic mass is 35.5. The Balaban J connectivity index is 1.65. The highest BCUT2D eigenvalue weighted by molar-refractivity contribution is 7.99. The molecular weight excluding hydrogens is 428 g/mol. The minimum Gasteiger partial charge on any atom is -0.352 e. The maximum absolute atomic E-state index is 13.2. The SMILES string of the molecule is Cc1ccc(SCCC(=O)N(Cc2cccc(Cl)c2)[C@H](C)C(=O)NC2CCCC2)cc1. The molecule has 1 aliphatic rings. The van der Waals surface area contributed by atoms with Gasteiger partial charge in [-0.2, -0.15) is 0 Å². The average molecular weight is 459 g/mol. The Hall–Kier alpha value is -1.98.